The number of benzene rings is 1. The average Bonchev–Trinajstić information content (AvgIpc) is 3.56. The van der Waals surface area contributed by atoms with Crippen LogP contribution in [0, 0.1) is 6.92 Å². The molecule has 1 aliphatic rings. The van der Waals surface area contributed by atoms with Crippen molar-refractivity contribution in [3.8, 4) is 16.8 Å². The van der Waals surface area contributed by atoms with Crippen molar-refractivity contribution in [3.05, 3.63) is 66.4 Å². The summed E-state index contributed by atoms with van der Waals surface area (Å²) < 4.78 is 7.17. The summed E-state index contributed by atoms with van der Waals surface area (Å²) in [4.78, 5) is 21.8. The van der Waals surface area contributed by atoms with E-state index in [1.807, 2.05) is 75.4 Å². The van der Waals surface area contributed by atoms with E-state index in [0.29, 0.717) is 17.3 Å². The Morgan fingerprint density at radius 3 is 2.50 bits per heavy atom. The van der Waals surface area contributed by atoms with E-state index in [4.69, 9.17) is 4.52 Å². The lowest BCUT2D eigenvalue weighted by Gasteiger charge is -2.33. The van der Waals surface area contributed by atoms with Crippen molar-refractivity contribution in [3.63, 3.8) is 0 Å². The van der Waals surface area contributed by atoms with Gasteiger partial charge in [-0.25, -0.2) is 9.48 Å². The lowest BCUT2D eigenvalue weighted by atomic mass is 9.93. The number of carbonyl (C=O) groups is 1. The molecule has 10 nitrogen and oxygen atoms in total. The fraction of sp³-hybridized carbons (Fsp3) is 0.357. The predicted octanol–water partition coefficient (Wildman–Crippen LogP) is 4.92. The van der Waals surface area contributed by atoms with E-state index in [9.17, 15) is 4.79 Å². The molecule has 0 saturated carbocycles. The second-order valence-corrected chi connectivity index (χ2v) is 10.8. The molecule has 2 amide bonds. The maximum atomic E-state index is 12.6. The molecule has 0 radical (unpaired) electrons. The zero-order chi connectivity index (χ0) is 26.9. The summed E-state index contributed by atoms with van der Waals surface area (Å²) in [5, 5.41) is 14.1. The summed E-state index contributed by atoms with van der Waals surface area (Å²) in [5.74, 6) is 1.06. The van der Waals surface area contributed by atoms with Crippen molar-refractivity contribution < 1.29 is 9.32 Å². The Morgan fingerprint density at radius 2 is 1.76 bits per heavy atom. The number of aromatic nitrogens is 4. The quantitative estimate of drug-likeness (QED) is 0.389. The number of aryl methyl sites for hydroxylation is 1. The Morgan fingerprint density at radius 1 is 0.974 bits per heavy atom. The van der Waals surface area contributed by atoms with Gasteiger partial charge in [0.2, 0.25) is 0 Å². The molecule has 0 atom stereocenters. The minimum absolute atomic E-state index is 0.195. The number of urea groups is 1. The highest BCUT2D eigenvalue weighted by Crippen LogP contribution is 2.27. The molecule has 0 unspecified atom stereocenters. The van der Waals surface area contributed by atoms with E-state index in [1.54, 1.807) is 6.07 Å². The summed E-state index contributed by atoms with van der Waals surface area (Å²) in [6.07, 6.45) is 7.62. The number of nitrogens with one attached hydrogen (secondary N) is 2. The van der Waals surface area contributed by atoms with Gasteiger partial charge in [-0.3, -0.25) is 10.3 Å². The number of hydrogen-bond acceptors (Lipinski definition) is 7. The van der Waals surface area contributed by atoms with Crippen molar-refractivity contribution in [1.29, 1.82) is 0 Å². The lowest BCUT2D eigenvalue weighted by molar-refractivity contribution is 0.262. The number of carbonyl (C=O) groups excluding carboxylic acids is 1. The van der Waals surface area contributed by atoms with Crippen LogP contribution in [0.1, 0.15) is 32.1 Å². The van der Waals surface area contributed by atoms with Crippen LogP contribution in [0.4, 0.5) is 22.0 Å². The number of hydrogen-bond donors (Lipinski definition) is 2. The van der Waals surface area contributed by atoms with Crippen molar-refractivity contribution in [2.24, 2.45) is 0 Å². The van der Waals surface area contributed by atoms with Gasteiger partial charge in [0.25, 0.3) is 0 Å². The molecule has 1 saturated heterocycles. The number of amides is 2. The van der Waals surface area contributed by atoms with E-state index < -0.39 is 6.03 Å². The third-order valence-electron chi connectivity index (χ3n) is 6.71. The number of pyridine rings is 1. The molecule has 2 N–H and O–H groups in total. The molecular formula is C28H34N8O2. The van der Waals surface area contributed by atoms with Crippen LogP contribution in [0.25, 0.3) is 16.8 Å². The molecule has 0 bridgehead atoms. The number of nitrogens with zero attached hydrogens (tertiary/aromatic N) is 6. The summed E-state index contributed by atoms with van der Waals surface area (Å²) in [5.41, 5.74) is 5.46. The van der Waals surface area contributed by atoms with Gasteiger partial charge < -0.3 is 19.6 Å². The van der Waals surface area contributed by atoms with Crippen LogP contribution in [0.3, 0.4) is 0 Å². The van der Waals surface area contributed by atoms with Crippen molar-refractivity contribution in [2.75, 3.05) is 48.8 Å². The topological polar surface area (TPSA) is 104 Å². The van der Waals surface area contributed by atoms with Crippen LogP contribution >= 0.6 is 0 Å². The van der Waals surface area contributed by atoms with Gasteiger partial charge in [-0.2, -0.15) is 5.10 Å². The third kappa shape index (κ3) is 5.70. The molecular weight excluding hydrogens is 480 g/mol. The Labute approximate surface area is 222 Å². The molecule has 1 aliphatic heterocycles. The highest BCUT2D eigenvalue weighted by Gasteiger charge is 2.20. The number of rotatable bonds is 5. The standard InChI is InChI=1S/C28H34N8O2/c1-19-6-7-22(31-27(37)32-26-14-25(38-33-26)28(2,3)4)13-24(19)36-18-21(16-30-36)20-12-23(17-29-15-20)35-10-8-34(5)9-11-35/h6-7,12-18H,8-11H2,1-5H3,(H2,31,32,33,37). The fourth-order valence-corrected chi connectivity index (χ4v) is 4.33. The molecule has 4 aromatic rings. The van der Waals surface area contributed by atoms with Crippen molar-refractivity contribution in [1.82, 2.24) is 24.8 Å². The van der Waals surface area contributed by atoms with Gasteiger partial charge in [0.05, 0.1) is 23.8 Å². The molecule has 1 fully saturated rings. The monoisotopic (exact) mass is 514 g/mol. The second kappa shape index (κ2) is 10.3. The Kier molecular flexibility index (Phi) is 6.90. The molecule has 3 aromatic heterocycles. The first-order valence-electron chi connectivity index (χ1n) is 12.8. The average molecular weight is 515 g/mol. The largest absolute Gasteiger partial charge is 0.368 e. The number of anilines is 3. The van der Waals surface area contributed by atoms with E-state index in [1.165, 1.54) is 0 Å². The van der Waals surface area contributed by atoms with E-state index in [2.05, 4.69) is 48.8 Å². The number of piperazine rings is 1. The van der Waals surface area contributed by atoms with Gasteiger partial charge in [0.15, 0.2) is 5.82 Å². The Hall–Kier alpha value is -4.18. The van der Waals surface area contributed by atoms with E-state index in [0.717, 1.165) is 54.2 Å². The summed E-state index contributed by atoms with van der Waals surface area (Å²) >= 11 is 0. The fourth-order valence-electron chi connectivity index (χ4n) is 4.33. The minimum atomic E-state index is -0.401. The van der Waals surface area contributed by atoms with Crippen LogP contribution in [0.5, 0.6) is 0 Å². The van der Waals surface area contributed by atoms with Gasteiger partial charge in [0.1, 0.15) is 5.76 Å². The summed E-state index contributed by atoms with van der Waals surface area (Å²) in [6.45, 7) is 12.1. The highest BCUT2D eigenvalue weighted by atomic mass is 16.5. The Balaban J connectivity index is 1.30. The van der Waals surface area contributed by atoms with Crippen LogP contribution < -0.4 is 15.5 Å². The van der Waals surface area contributed by atoms with Gasteiger partial charge >= 0.3 is 6.03 Å². The van der Waals surface area contributed by atoms with E-state index in [-0.39, 0.29) is 5.41 Å². The van der Waals surface area contributed by atoms with Crippen molar-refractivity contribution in [2.45, 2.75) is 33.1 Å². The van der Waals surface area contributed by atoms with Crippen LogP contribution in [0.15, 0.2) is 59.6 Å². The zero-order valence-corrected chi connectivity index (χ0v) is 22.5. The first kappa shape index (κ1) is 25.5. The highest BCUT2D eigenvalue weighted by molar-refractivity contribution is 5.99. The van der Waals surface area contributed by atoms with Crippen LogP contribution in [-0.2, 0) is 5.41 Å². The second-order valence-electron chi connectivity index (χ2n) is 10.8. The molecule has 1 aromatic carbocycles. The lowest BCUT2D eigenvalue weighted by Crippen LogP contribution is -2.44. The maximum Gasteiger partial charge on any atom is 0.324 e. The van der Waals surface area contributed by atoms with Crippen LogP contribution in [0.2, 0.25) is 0 Å². The molecule has 5 rings (SSSR count). The van der Waals surface area contributed by atoms with E-state index >= 15 is 0 Å². The molecule has 198 valence electrons. The Bertz CT molecular complexity index is 1430. The normalized spacial score (nSPS) is 14.5. The van der Waals surface area contributed by atoms with Crippen molar-refractivity contribution >= 4 is 23.2 Å². The zero-order valence-electron chi connectivity index (χ0n) is 22.5. The molecule has 4 heterocycles. The first-order valence-corrected chi connectivity index (χ1v) is 12.8. The van der Waals surface area contributed by atoms with Gasteiger partial charge in [-0.1, -0.05) is 32.0 Å². The SMILES string of the molecule is Cc1ccc(NC(=O)Nc2cc(C(C)(C)C)on2)cc1-n1cc(-c2cncc(N3CCN(C)CC3)c2)cn1. The van der Waals surface area contributed by atoms with Crippen LogP contribution in [-0.4, -0.2) is 64.1 Å². The number of likely N-dealkylation sites (N-methyl/N-ethyl adjacent to an activating group) is 1. The maximum absolute atomic E-state index is 12.6. The summed E-state index contributed by atoms with van der Waals surface area (Å²) in [6, 6.07) is 9.21. The molecule has 0 aliphatic carbocycles. The molecule has 0 spiro atoms. The van der Waals surface area contributed by atoms with Gasteiger partial charge in [-0.15, -0.1) is 0 Å². The van der Waals surface area contributed by atoms with Gasteiger partial charge in [0, 0.05) is 66.9 Å². The third-order valence-corrected chi connectivity index (χ3v) is 6.71. The minimum Gasteiger partial charge on any atom is -0.368 e. The van der Waals surface area contributed by atoms with Gasteiger partial charge in [-0.05, 0) is 37.7 Å². The predicted molar refractivity (Wildman–Crippen MR) is 149 cm³/mol. The summed E-state index contributed by atoms with van der Waals surface area (Å²) in [7, 11) is 2.15. The molecule has 38 heavy (non-hydrogen) atoms. The smallest absolute Gasteiger partial charge is 0.324 e. The first-order chi connectivity index (χ1) is 18.2. The molecule has 10 heteroatoms.